The molecule has 0 spiro atoms. The normalized spacial score (nSPS) is 11.6. The second-order valence-electron chi connectivity index (χ2n) is 2.76. The SMILES string of the molecule is [C-]#[N+]/C(Cl)=C(\C)c1ccc(OC)cc1. The molecule has 0 atom stereocenters. The highest BCUT2D eigenvalue weighted by Crippen LogP contribution is 2.23. The van der Waals surface area contributed by atoms with Crippen LogP contribution < -0.4 is 4.74 Å². The summed E-state index contributed by atoms with van der Waals surface area (Å²) < 4.78 is 5.03. The van der Waals surface area contributed by atoms with Gasteiger partial charge in [0, 0.05) is 0 Å². The fourth-order valence-corrected chi connectivity index (χ4v) is 1.15. The highest BCUT2D eigenvalue weighted by molar-refractivity contribution is 6.33. The third-order valence-corrected chi connectivity index (χ3v) is 2.30. The Balaban J connectivity index is 3.05. The number of allylic oxidation sites excluding steroid dienone is 1. The van der Waals surface area contributed by atoms with Crippen molar-refractivity contribution in [2.45, 2.75) is 6.92 Å². The van der Waals surface area contributed by atoms with E-state index >= 15 is 0 Å². The van der Waals surface area contributed by atoms with Crippen LogP contribution in [0.4, 0.5) is 0 Å². The lowest BCUT2D eigenvalue weighted by Crippen LogP contribution is -1.84. The summed E-state index contributed by atoms with van der Waals surface area (Å²) in [5.41, 5.74) is 1.72. The van der Waals surface area contributed by atoms with Crippen LogP contribution in [0.5, 0.6) is 5.75 Å². The van der Waals surface area contributed by atoms with Gasteiger partial charge in [-0.05, 0) is 30.2 Å². The molecule has 0 aliphatic rings. The van der Waals surface area contributed by atoms with E-state index in [1.54, 1.807) is 7.11 Å². The van der Waals surface area contributed by atoms with Crippen molar-refractivity contribution < 1.29 is 4.74 Å². The molecule has 0 radical (unpaired) electrons. The quantitative estimate of drug-likeness (QED) is 0.534. The first-order chi connectivity index (χ1) is 6.69. The zero-order valence-electron chi connectivity index (χ0n) is 8.04. The minimum atomic E-state index is 0.204. The van der Waals surface area contributed by atoms with Gasteiger partial charge in [0.05, 0.1) is 13.7 Å². The molecule has 3 heteroatoms. The Morgan fingerprint density at radius 1 is 1.36 bits per heavy atom. The van der Waals surface area contributed by atoms with Gasteiger partial charge in [0.2, 0.25) is 0 Å². The van der Waals surface area contributed by atoms with Crippen molar-refractivity contribution in [2.75, 3.05) is 7.11 Å². The molecule has 0 aromatic heterocycles. The van der Waals surface area contributed by atoms with Crippen LogP contribution in [-0.4, -0.2) is 7.11 Å². The van der Waals surface area contributed by atoms with E-state index in [0.717, 1.165) is 16.9 Å². The van der Waals surface area contributed by atoms with Crippen LogP contribution in [0.15, 0.2) is 29.4 Å². The summed E-state index contributed by atoms with van der Waals surface area (Å²) in [5, 5.41) is 0.204. The standard InChI is InChI=1S/C11H10ClNO/c1-8(11(12)13-2)9-4-6-10(14-3)7-5-9/h4-7H,1,3H3/b11-8+. The Kier molecular flexibility index (Phi) is 3.55. The van der Waals surface area contributed by atoms with Crippen molar-refractivity contribution in [3.63, 3.8) is 0 Å². The van der Waals surface area contributed by atoms with E-state index in [-0.39, 0.29) is 5.16 Å². The maximum Gasteiger partial charge on any atom is 0.255 e. The predicted octanol–water partition coefficient (Wildman–Crippen LogP) is 3.54. The number of hydrogen-bond donors (Lipinski definition) is 0. The van der Waals surface area contributed by atoms with Gasteiger partial charge in [-0.25, -0.2) is 4.85 Å². The van der Waals surface area contributed by atoms with Crippen molar-refractivity contribution in [3.8, 4) is 5.75 Å². The first-order valence-electron chi connectivity index (χ1n) is 4.07. The fraction of sp³-hybridized carbons (Fsp3) is 0.182. The van der Waals surface area contributed by atoms with Gasteiger partial charge in [0.25, 0.3) is 5.16 Å². The molecule has 0 N–H and O–H groups in total. The van der Waals surface area contributed by atoms with Gasteiger partial charge in [0.15, 0.2) is 0 Å². The smallest absolute Gasteiger partial charge is 0.255 e. The van der Waals surface area contributed by atoms with E-state index < -0.39 is 0 Å². The first-order valence-corrected chi connectivity index (χ1v) is 4.45. The number of hydrogen-bond acceptors (Lipinski definition) is 1. The predicted molar refractivity (Wildman–Crippen MR) is 58.0 cm³/mol. The topological polar surface area (TPSA) is 13.6 Å². The molecule has 1 aromatic rings. The molecule has 0 unspecified atom stereocenters. The third-order valence-electron chi connectivity index (χ3n) is 1.93. The lowest BCUT2D eigenvalue weighted by Gasteiger charge is -2.03. The molecule has 0 bridgehead atoms. The van der Waals surface area contributed by atoms with Crippen molar-refractivity contribution >= 4 is 17.2 Å². The van der Waals surface area contributed by atoms with Crippen LogP contribution in [0.2, 0.25) is 0 Å². The third kappa shape index (κ3) is 2.27. The number of benzene rings is 1. The molecule has 0 saturated heterocycles. The Morgan fingerprint density at radius 2 is 1.93 bits per heavy atom. The summed E-state index contributed by atoms with van der Waals surface area (Å²) in [7, 11) is 1.61. The van der Waals surface area contributed by atoms with Crippen molar-refractivity contribution in [1.29, 1.82) is 0 Å². The summed E-state index contributed by atoms with van der Waals surface area (Å²) in [6, 6.07) is 7.43. The van der Waals surface area contributed by atoms with Gasteiger partial charge in [-0.3, -0.25) is 0 Å². The minimum Gasteiger partial charge on any atom is -0.497 e. The summed E-state index contributed by atoms with van der Waals surface area (Å²) >= 11 is 5.72. The molecule has 0 saturated carbocycles. The highest BCUT2D eigenvalue weighted by Gasteiger charge is 2.01. The minimum absolute atomic E-state index is 0.204. The average molecular weight is 208 g/mol. The molecule has 0 aliphatic heterocycles. The molecule has 72 valence electrons. The molecule has 0 amide bonds. The van der Waals surface area contributed by atoms with Crippen LogP contribution >= 0.6 is 11.6 Å². The molecule has 0 heterocycles. The Labute approximate surface area is 88.6 Å². The van der Waals surface area contributed by atoms with Crippen molar-refractivity contribution in [1.82, 2.24) is 0 Å². The Bertz CT molecular complexity index is 387. The molecule has 1 rings (SSSR count). The van der Waals surface area contributed by atoms with Crippen LogP contribution in [0.1, 0.15) is 12.5 Å². The lowest BCUT2D eigenvalue weighted by molar-refractivity contribution is 0.415. The molecule has 0 fully saturated rings. The van der Waals surface area contributed by atoms with Gasteiger partial charge in [-0.15, -0.1) is 11.6 Å². The van der Waals surface area contributed by atoms with Gasteiger partial charge < -0.3 is 4.74 Å². The van der Waals surface area contributed by atoms with E-state index in [9.17, 15) is 0 Å². The maximum absolute atomic E-state index is 6.78. The van der Waals surface area contributed by atoms with Gasteiger partial charge >= 0.3 is 0 Å². The second kappa shape index (κ2) is 4.69. The van der Waals surface area contributed by atoms with Crippen LogP contribution in [0.3, 0.4) is 0 Å². The van der Waals surface area contributed by atoms with E-state index in [0.29, 0.717) is 0 Å². The zero-order chi connectivity index (χ0) is 10.6. The molecule has 1 aromatic carbocycles. The second-order valence-corrected chi connectivity index (χ2v) is 3.11. The Hall–Kier alpha value is -1.46. The highest BCUT2D eigenvalue weighted by atomic mass is 35.5. The first kappa shape index (κ1) is 10.6. The molecular formula is C11H10ClNO. The molecule has 2 nitrogen and oxygen atoms in total. The molecule has 14 heavy (non-hydrogen) atoms. The average Bonchev–Trinajstić information content (AvgIpc) is 2.27. The van der Waals surface area contributed by atoms with Crippen molar-refractivity contribution in [2.24, 2.45) is 0 Å². The summed E-state index contributed by atoms with van der Waals surface area (Å²) in [5.74, 6) is 0.792. The summed E-state index contributed by atoms with van der Waals surface area (Å²) in [6.07, 6.45) is 0. The zero-order valence-corrected chi connectivity index (χ0v) is 8.80. The van der Waals surface area contributed by atoms with Gasteiger partial charge in [0.1, 0.15) is 5.75 Å². The van der Waals surface area contributed by atoms with E-state index in [4.69, 9.17) is 22.9 Å². The maximum atomic E-state index is 6.78. The van der Waals surface area contributed by atoms with Crippen LogP contribution in [0, 0.1) is 6.57 Å². The Morgan fingerprint density at radius 3 is 2.36 bits per heavy atom. The summed E-state index contributed by atoms with van der Waals surface area (Å²) in [4.78, 5) is 3.17. The molecule has 0 aliphatic carbocycles. The van der Waals surface area contributed by atoms with Gasteiger partial charge in [-0.2, -0.15) is 0 Å². The molecular weight excluding hydrogens is 198 g/mol. The number of methoxy groups -OCH3 is 1. The fourth-order valence-electron chi connectivity index (χ4n) is 1.04. The monoisotopic (exact) mass is 207 g/mol. The number of ether oxygens (including phenoxy) is 1. The summed E-state index contributed by atoms with van der Waals surface area (Å²) in [6.45, 7) is 8.60. The number of halogens is 1. The van der Waals surface area contributed by atoms with E-state index in [2.05, 4.69) is 4.85 Å². The largest absolute Gasteiger partial charge is 0.497 e. The lowest BCUT2D eigenvalue weighted by atomic mass is 10.1. The van der Waals surface area contributed by atoms with Crippen LogP contribution in [-0.2, 0) is 0 Å². The van der Waals surface area contributed by atoms with E-state index in [1.165, 1.54) is 0 Å². The van der Waals surface area contributed by atoms with Crippen LogP contribution in [0.25, 0.3) is 10.4 Å². The van der Waals surface area contributed by atoms with Crippen molar-refractivity contribution in [3.05, 3.63) is 46.4 Å². The number of rotatable bonds is 2. The van der Waals surface area contributed by atoms with E-state index in [1.807, 2.05) is 31.2 Å². The number of nitrogens with zero attached hydrogens (tertiary/aromatic N) is 1. The van der Waals surface area contributed by atoms with Gasteiger partial charge in [-0.1, -0.05) is 12.1 Å².